The van der Waals surface area contributed by atoms with Gasteiger partial charge in [-0.3, -0.25) is 4.90 Å². The van der Waals surface area contributed by atoms with Crippen LogP contribution in [0.2, 0.25) is 0 Å². The van der Waals surface area contributed by atoms with Crippen LogP contribution in [-0.4, -0.2) is 84.1 Å². The number of anilines is 2. The van der Waals surface area contributed by atoms with Crippen LogP contribution in [-0.2, 0) is 13.0 Å². The molecule has 1 aromatic heterocycles. The lowest BCUT2D eigenvalue weighted by atomic mass is 10.0. The molecule has 3 aromatic rings. The van der Waals surface area contributed by atoms with Gasteiger partial charge >= 0.3 is 6.01 Å². The standard InChI is InChI=1S/C32H38FIN6O2/c33-21-6-10-38(14-21)18-32(8-9-32)19-42-31-36-27-17-39(28-13-24(41)12-20-2-1-3-26(34)29(20)28)11-7-25(27)30(37-31)40-15-22-4-5-23(16-40)35-22/h1-3,12-13,21-23,35,41H,4-11,14-19H2. The number of phenols is 1. The van der Waals surface area contributed by atoms with Gasteiger partial charge in [-0.2, -0.15) is 9.97 Å². The molecule has 10 heteroatoms. The first-order valence-electron chi connectivity index (χ1n) is 15.5. The number of benzene rings is 2. The number of likely N-dealkylation sites (tertiary alicyclic amines) is 1. The number of ether oxygens (including phenoxy) is 1. The largest absolute Gasteiger partial charge is 0.508 e. The number of alkyl halides is 1. The summed E-state index contributed by atoms with van der Waals surface area (Å²) < 4.78 is 21.4. The molecule has 2 N–H and O–H groups in total. The summed E-state index contributed by atoms with van der Waals surface area (Å²) in [5.41, 5.74) is 3.36. The second-order valence-corrected chi connectivity index (χ2v) is 14.3. The van der Waals surface area contributed by atoms with Crippen LogP contribution in [0.1, 0.15) is 43.4 Å². The number of nitrogens with zero attached hydrogens (tertiary/aromatic N) is 5. The van der Waals surface area contributed by atoms with E-state index in [0.29, 0.717) is 44.2 Å². The van der Waals surface area contributed by atoms with Crippen LogP contribution in [0.25, 0.3) is 10.8 Å². The quantitative estimate of drug-likeness (QED) is 0.349. The van der Waals surface area contributed by atoms with Gasteiger partial charge in [0.1, 0.15) is 17.7 Å². The summed E-state index contributed by atoms with van der Waals surface area (Å²) in [4.78, 5) is 17.2. The Balaban J connectivity index is 1.10. The van der Waals surface area contributed by atoms with Crippen LogP contribution in [0.4, 0.5) is 15.9 Å². The normalized spacial score (nSPS) is 26.6. The van der Waals surface area contributed by atoms with E-state index in [4.69, 9.17) is 14.7 Å². The molecule has 4 aliphatic heterocycles. The Labute approximate surface area is 259 Å². The van der Waals surface area contributed by atoms with Crippen LogP contribution in [0.15, 0.2) is 30.3 Å². The van der Waals surface area contributed by atoms with Crippen molar-refractivity contribution in [3.05, 3.63) is 45.2 Å². The maximum Gasteiger partial charge on any atom is 0.318 e. The van der Waals surface area contributed by atoms with Crippen molar-refractivity contribution in [3.8, 4) is 11.8 Å². The zero-order valence-electron chi connectivity index (χ0n) is 23.9. The third-order valence-corrected chi connectivity index (χ3v) is 10.9. The van der Waals surface area contributed by atoms with Crippen LogP contribution < -0.4 is 19.9 Å². The van der Waals surface area contributed by atoms with Gasteiger partial charge < -0.3 is 25.0 Å². The fourth-order valence-electron chi connectivity index (χ4n) is 7.63. The third kappa shape index (κ3) is 5.17. The fourth-order valence-corrected chi connectivity index (χ4v) is 8.43. The van der Waals surface area contributed by atoms with Crippen molar-refractivity contribution in [3.63, 3.8) is 0 Å². The van der Waals surface area contributed by atoms with Crippen molar-refractivity contribution in [2.24, 2.45) is 5.41 Å². The highest BCUT2D eigenvalue weighted by Gasteiger charge is 2.46. The molecule has 2 aromatic carbocycles. The summed E-state index contributed by atoms with van der Waals surface area (Å²) >= 11 is 2.39. The monoisotopic (exact) mass is 684 g/mol. The number of fused-ring (bicyclic) bond motifs is 4. The van der Waals surface area contributed by atoms with Gasteiger partial charge in [0.25, 0.3) is 0 Å². The molecule has 4 fully saturated rings. The maximum atomic E-state index is 13.8. The number of piperazine rings is 1. The van der Waals surface area contributed by atoms with Gasteiger partial charge in [0.2, 0.25) is 0 Å². The molecule has 3 unspecified atom stereocenters. The van der Waals surface area contributed by atoms with Gasteiger partial charge in [0.05, 0.1) is 18.8 Å². The Hall–Kier alpha value is -2.44. The Morgan fingerprint density at radius 3 is 2.64 bits per heavy atom. The Kier molecular flexibility index (Phi) is 6.86. The Morgan fingerprint density at radius 1 is 1.05 bits per heavy atom. The minimum absolute atomic E-state index is 0.0842. The van der Waals surface area contributed by atoms with Crippen LogP contribution in [0.3, 0.4) is 0 Å². The predicted molar refractivity (Wildman–Crippen MR) is 170 cm³/mol. The molecule has 8 nitrogen and oxygen atoms in total. The van der Waals surface area contributed by atoms with Crippen LogP contribution >= 0.6 is 22.6 Å². The third-order valence-electron chi connectivity index (χ3n) is 10.0. The lowest BCUT2D eigenvalue weighted by Gasteiger charge is -2.37. The van der Waals surface area contributed by atoms with Gasteiger partial charge in [-0.05, 0) is 78.6 Å². The SMILES string of the molecule is Oc1cc(N2CCc3c(nc(OCC4(CN5CCC(F)C5)CC4)nc3N3CC4CCC(C3)N4)C2)c2c(I)cccc2c1. The predicted octanol–water partition coefficient (Wildman–Crippen LogP) is 4.65. The topological polar surface area (TPSA) is 77.0 Å². The van der Waals surface area contributed by atoms with Gasteiger partial charge in [-0.1, -0.05) is 12.1 Å². The smallest absolute Gasteiger partial charge is 0.318 e. The number of hydrogen-bond donors (Lipinski definition) is 2. The lowest BCUT2D eigenvalue weighted by molar-refractivity contribution is 0.164. The van der Waals surface area contributed by atoms with Gasteiger partial charge in [-0.15, -0.1) is 0 Å². The second kappa shape index (κ2) is 10.6. The number of rotatable bonds is 7. The number of hydrogen-bond acceptors (Lipinski definition) is 8. The molecule has 0 spiro atoms. The highest BCUT2D eigenvalue weighted by molar-refractivity contribution is 14.1. The van der Waals surface area contributed by atoms with Crippen molar-refractivity contribution >= 4 is 44.9 Å². The molecule has 0 radical (unpaired) electrons. The van der Waals surface area contributed by atoms with E-state index in [1.807, 2.05) is 18.2 Å². The molecular formula is C32H38FIN6O2. The molecule has 5 heterocycles. The van der Waals surface area contributed by atoms with E-state index in [-0.39, 0.29) is 11.2 Å². The number of aromatic nitrogens is 2. The molecule has 1 saturated carbocycles. The first-order chi connectivity index (χ1) is 20.4. The van der Waals surface area contributed by atoms with Crippen molar-refractivity contribution in [2.75, 3.05) is 55.7 Å². The van der Waals surface area contributed by atoms with Gasteiger partial charge in [0.15, 0.2) is 0 Å². The van der Waals surface area contributed by atoms with Crippen LogP contribution in [0, 0.1) is 8.99 Å². The first kappa shape index (κ1) is 27.1. The highest BCUT2D eigenvalue weighted by Crippen LogP contribution is 2.47. The average Bonchev–Trinajstić information content (AvgIpc) is 3.50. The van der Waals surface area contributed by atoms with Gasteiger partial charge in [0, 0.05) is 83.0 Å². The van der Waals surface area contributed by atoms with E-state index in [9.17, 15) is 9.50 Å². The first-order valence-corrected chi connectivity index (χ1v) is 16.6. The molecule has 1 aliphatic carbocycles. The molecule has 0 amide bonds. The number of phenolic OH excluding ortho intramolecular Hbond substituents is 1. The average molecular weight is 685 g/mol. The number of nitrogens with one attached hydrogen (secondary N) is 1. The summed E-state index contributed by atoms with van der Waals surface area (Å²) in [6.07, 6.45) is 5.44. The molecule has 2 bridgehead atoms. The summed E-state index contributed by atoms with van der Waals surface area (Å²) in [6, 6.07) is 11.4. The minimum Gasteiger partial charge on any atom is -0.508 e. The minimum atomic E-state index is -0.697. The maximum absolute atomic E-state index is 13.8. The van der Waals surface area contributed by atoms with E-state index in [0.717, 1.165) is 80.0 Å². The zero-order valence-corrected chi connectivity index (χ0v) is 26.0. The summed E-state index contributed by atoms with van der Waals surface area (Å²) in [7, 11) is 0. The van der Waals surface area contributed by atoms with E-state index in [1.54, 1.807) is 0 Å². The zero-order chi connectivity index (χ0) is 28.4. The van der Waals surface area contributed by atoms with Crippen molar-refractivity contribution in [1.82, 2.24) is 20.2 Å². The Morgan fingerprint density at radius 2 is 1.88 bits per heavy atom. The van der Waals surface area contributed by atoms with Crippen molar-refractivity contribution in [1.29, 1.82) is 0 Å². The molecule has 3 atom stereocenters. The van der Waals surface area contributed by atoms with E-state index < -0.39 is 6.17 Å². The molecule has 8 rings (SSSR count). The lowest BCUT2D eigenvalue weighted by Crippen LogP contribution is -2.52. The van der Waals surface area contributed by atoms with Gasteiger partial charge in [-0.25, -0.2) is 4.39 Å². The summed E-state index contributed by atoms with van der Waals surface area (Å²) in [6.45, 7) is 6.25. The van der Waals surface area contributed by atoms with E-state index >= 15 is 0 Å². The number of halogens is 2. The summed E-state index contributed by atoms with van der Waals surface area (Å²) in [5.74, 6) is 1.31. The van der Waals surface area contributed by atoms with E-state index in [2.05, 4.69) is 54.7 Å². The summed E-state index contributed by atoms with van der Waals surface area (Å²) in [5, 5.41) is 16.6. The molecule has 5 aliphatic rings. The molecule has 42 heavy (non-hydrogen) atoms. The second-order valence-electron chi connectivity index (χ2n) is 13.2. The Bertz CT molecular complexity index is 1510. The number of aromatic hydroxyl groups is 1. The van der Waals surface area contributed by atoms with Crippen LogP contribution in [0.5, 0.6) is 11.8 Å². The molecule has 222 valence electrons. The molecule has 3 saturated heterocycles. The fraction of sp³-hybridized carbons (Fsp3) is 0.562. The van der Waals surface area contributed by atoms with Crippen molar-refractivity contribution < 1.29 is 14.2 Å². The van der Waals surface area contributed by atoms with E-state index in [1.165, 1.54) is 22.0 Å². The van der Waals surface area contributed by atoms with Crippen molar-refractivity contribution in [2.45, 2.75) is 63.3 Å². The molecular weight excluding hydrogens is 646 g/mol. The highest BCUT2D eigenvalue weighted by atomic mass is 127.